The van der Waals surface area contributed by atoms with Crippen molar-refractivity contribution in [2.75, 3.05) is 18.0 Å². The van der Waals surface area contributed by atoms with Crippen molar-refractivity contribution in [3.05, 3.63) is 65.2 Å². The average molecular weight is 308 g/mol. The van der Waals surface area contributed by atoms with Crippen molar-refractivity contribution in [2.45, 2.75) is 33.4 Å². The summed E-state index contributed by atoms with van der Waals surface area (Å²) >= 11 is 0. The first-order valence-corrected chi connectivity index (χ1v) is 8.23. The predicted octanol–water partition coefficient (Wildman–Crippen LogP) is 3.54. The van der Waals surface area contributed by atoms with Crippen LogP contribution in [0.4, 0.5) is 5.69 Å². The first kappa shape index (κ1) is 15.8. The summed E-state index contributed by atoms with van der Waals surface area (Å²) in [6.07, 6.45) is 0. The molecule has 1 aliphatic rings. The van der Waals surface area contributed by atoms with Crippen LogP contribution in [0.25, 0.3) is 0 Å². The molecule has 0 bridgehead atoms. The molecule has 1 fully saturated rings. The first-order valence-electron chi connectivity index (χ1n) is 8.23. The van der Waals surface area contributed by atoms with Gasteiger partial charge in [-0.2, -0.15) is 0 Å². The number of carbonyl (C=O) groups is 1. The van der Waals surface area contributed by atoms with E-state index in [-0.39, 0.29) is 11.9 Å². The summed E-state index contributed by atoms with van der Waals surface area (Å²) in [6, 6.07) is 16.5. The van der Waals surface area contributed by atoms with Crippen molar-refractivity contribution in [1.82, 2.24) is 4.90 Å². The Labute approximate surface area is 138 Å². The summed E-state index contributed by atoms with van der Waals surface area (Å²) < 4.78 is 0. The van der Waals surface area contributed by atoms with Crippen molar-refractivity contribution in [3.8, 4) is 0 Å². The van der Waals surface area contributed by atoms with E-state index >= 15 is 0 Å². The molecule has 0 aromatic heterocycles. The fraction of sp³-hybridized carbons (Fsp3) is 0.350. The zero-order valence-corrected chi connectivity index (χ0v) is 14.1. The third-order valence-corrected chi connectivity index (χ3v) is 4.66. The molecular weight excluding hydrogens is 284 g/mol. The van der Waals surface area contributed by atoms with Crippen LogP contribution in [-0.2, 0) is 11.3 Å². The molecule has 2 aromatic carbocycles. The van der Waals surface area contributed by atoms with Gasteiger partial charge < -0.3 is 4.90 Å². The molecule has 0 spiro atoms. The van der Waals surface area contributed by atoms with Gasteiger partial charge in [-0.25, -0.2) is 0 Å². The van der Waals surface area contributed by atoms with Crippen LogP contribution in [0.1, 0.15) is 23.6 Å². The molecule has 0 aliphatic carbocycles. The lowest BCUT2D eigenvalue weighted by molar-refractivity contribution is -0.125. The van der Waals surface area contributed by atoms with Gasteiger partial charge in [0.25, 0.3) is 0 Å². The van der Waals surface area contributed by atoms with E-state index < -0.39 is 0 Å². The quantitative estimate of drug-likeness (QED) is 0.866. The highest BCUT2D eigenvalue weighted by Crippen LogP contribution is 2.24. The Bertz CT molecular complexity index is 710. The second-order valence-corrected chi connectivity index (χ2v) is 6.41. The summed E-state index contributed by atoms with van der Waals surface area (Å²) in [5.41, 5.74) is 4.73. The molecule has 1 amide bonds. The van der Waals surface area contributed by atoms with Gasteiger partial charge in [0.1, 0.15) is 0 Å². The zero-order chi connectivity index (χ0) is 16.4. The molecule has 3 rings (SSSR count). The fourth-order valence-electron chi connectivity index (χ4n) is 3.28. The van der Waals surface area contributed by atoms with E-state index in [2.05, 4.69) is 49.1 Å². The van der Waals surface area contributed by atoms with Crippen molar-refractivity contribution >= 4 is 11.6 Å². The van der Waals surface area contributed by atoms with Gasteiger partial charge in [0.05, 0.1) is 6.04 Å². The standard InChI is InChI=1S/C20H24N2O/c1-15-7-6-9-18(13-15)14-21-11-12-22(20(23)17(21)3)19-10-5-4-8-16(19)2/h4-10,13,17H,11-12,14H2,1-3H3/t17-/m1/s1. The molecule has 23 heavy (non-hydrogen) atoms. The van der Waals surface area contributed by atoms with Gasteiger partial charge in [-0.1, -0.05) is 48.0 Å². The van der Waals surface area contributed by atoms with Crippen LogP contribution in [0.5, 0.6) is 0 Å². The topological polar surface area (TPSA) is 23.6 Å². The Kier molecular flexibility index (Phi) is 4.49. The van der Waals surface area contributed by atoms with Crippen LogP contribution in [0.2, 0.25) is 0 Å². The van der Waals surface area contributed by atoms with Crippen LogP contribution < -0.4 is 4.90 Å². The van der Waals surface area contributed by atoms with Gasteiger partial charge in [0.15, 0.2) is 0 Å². The summed E-state index contributed by atoms with van der Waals surface area (Å²) in [6.45, 7) is 8.66. The summed E-state index contributed by atoms with van der Waals surface area (Å²) in [7, 11) is 0. The van der Waals surface area contributed by atoms with Crippen LogP contribution in [0.15, 0.2) is 48.5 Å². The van der Waals surface area contributed by atoms with Gasteiger partial charge in [0, 0.05) is 25.3 Å². The Morgan fingerprint density at radius 1 is 1.04 bits per heavy atom. The van der Waals surface area contributed by atoms with E-state index in [9.17, 15) is 4.79 Å². The van der Waals surface area contributed by atoms with E-state index in [1.54, 1.807) is 0 Å². The number of hydrogen-bond acceptors (Lipinski definition) is 2. The Morgan fingerprint density at radius 2 is 1.83 bits per heavy atom. The lowest BCUT2D eigenvalue weighted by Crippen LogP contribution is -2.55. The van der Waals surface area contributed by atoms with Crippen LogP contribution >= 0.6 is 0 Å². The Balaban J connectivity index is 1.75. The highest BCUT2D eigenvalue weighted by Gasteiger charge is 2.32. The predicted molar refractivity (Wildman–Crippen MR) is 94.6 cm³/mol. The van der Waals surface area contributed by atoms with Gasteiger partial charge >= 0.3 is 0 Å². The molecule has 3 nitrogen and oxygen atoms in total. The highest BCUT2D eigenvalue weighted by molar-refractivity contribution is 5.98. The maximum Gasteiger partial charge on any atom is 0.244 e. The van der Waals surface area contributed by atoms with Gasteiger partial charge in [-0.3, -0.25) is 9.69 Å². The number of nitrogens with zero attached hydrogens (tertiary/aromatic N) is 2. The van der Waals surface area contributed by atoms with E-state index in [1.165, 1.54) is 11.1 Å². The van der Waals surface area contributed by atoms with Gasteiger partial charge in [-0.15, -0.1) is 0 Å². The molecule has 0 N–H and O–H groups in total. The minimum Gasteiger partial charge on any atom is -0.310 e. The van der Waals surface area contributed by atoms with Crippen molar-refractivity contribution < 1.29 is 4.79 Å². The molecule has 0 radical (unpaired) electrons. The number of anilines is 1. The van der Waals surface area contributed by atoms with Crippen LogP contribution in [0.3, 0.4) is 0 Å². The number of para-hydroxylation sites is 1. The van der Waals surface area contributed by atoms with Crippen molar-refractivity contribution in [2.24, 2.45) is 0 Å². The average Bonchev–Trinajstić information content (AvgIpc) is 2.53. The minimum atomic E-state index is -0.0936. The summed E-state index contributed by atoms with van der Waals surface area (Å²) in [5, 5.41) is 0. The Hall–Kier alpha value is -2.13. The maximum atomic E-state index is 12.8. The molecule has 1 saturated heterocycles. The lowest BCUT2D eigenvalue weighted by atomic mass is 10.1. The summed E-state index contributed by atoms with van der Waals surface area (Å²) in [5.74, 6) is 0.193. The normalized spacial score (nSPS) is 19.2. The second kappa shape index (κ2) is 6.55. The number of benzene rings is 2. The molecule has 0 unspecified atom stereocenters. The van der Waals surface area contributed by atoms with Gasteiger partial charge in [0.2, 0.25) is 5.91 Å². The number of hydrogen-bond donors (Lipinski definition) is 0. The monoisotopic (exact) mass is 308 g/mol. The number of amides is 1. The zero-order valence-electron chi connectivity index (χ0n) is 14.1. The molecule has 0 saturated carbocycles. The minimum absolute atomic E-state index is 0.0936. The van der Waals surface area contributed by atoms with E-state index in [0.717, 1.165) is 30.9 Å². The molecule has 120 valence electrons. The van der Waals surface area contributed by atoms with Crippen LogP contribution in [0, 0.1) is 13.8 Å². The number of carbonyl (C=O) groups excluding carboxylic acids is 1. The smallest absolute Gasteiger partial charge is 0.244 e. The van der Waals surface area contributed by atoms with Gasteiger partial charge in [-0.05, 0) is 38.0 Å². The van der Waals surface area contributed by atoms with Crippen molar-refractivity contribution in [1.29, 1.82) is 0 Å². The van der Waals surface area contributed by atoms with Crippen molar-refractivity contribution in [3.63, 3.8) is 0 Å². The molecule has 1 atom stereocenters. The molecule has 3 heteroatoms. The second-order valence-electron chi connectivity index (χ2n) is 6.41. The fourth-order valence-corrected chi connectivity index (χ4v) is 3.28. The number of piperazine rings is 1. The third kappa shape index (κ3) is 3.30. The Morgan fingerprint density at radius 3 is 2.57 bits per heavy atom. The largest absolute Gasteiger partial charge is 0.310 e. The van der Waals surface area contributed by atoms with E-state index in [4.69, 9.17) is 0 Å². The van der Waals surface area contributed by atoms with E-state index in [1.807, 2.05) is 30.0 Å². The lowest BCUT2D eigenvalue weighted by Gasteiger charge is -2.39. The SMILES string of the molecule is Cc1cccc(CN2CCN(c3ccccc3C)C(=O)[C@H]2C)c1. The highest BCUT2D eigenvalue weighted by atomic mass is 16.2. The molecule has 2 aromatic rings. The molecular formula is C20H24N2O. The molecule has 1 aliphatic heterocycles. The molecule has 1 heterocycles. The van der Waals surface area contributed by atoms with Crippen LogP contribution in [-0.4, -0.2) is 29.9 Å². The van der Waals surface area contributed by atoms with E-state index in [0.29, 0.717) is 0 Å². The number of aryl methyl sites for hydroxylation is 2. The maximum absolute atomic E-state index is 12.8. The third-order valence-electron chi connectivity index (χ3n) is 4.66. The summed E-state index contributed by atoms with van der Waals surface area (Å²) in [4.78, 5) is 17.0. The first-order chi connectivity index (χ1) is 11.1. The number of rotatable bonds is 3.